The molecule has 2 rings (SSSR count). The van der Waals surface area contributed by atoms with E-state index in [9.17, 15) is 0 Å². The van der Waals surface area contributed by atoms with Gasteiger partial charge < -0.3 is 15.2 Å². The Balaban J connectivity index is 2.47. The minimum absolute atomic E-state index is 0.544. The Morgan fingerprint density at radius 3 is 2.11 bits per heavy atom. The van der Waals surface area contributed by atoms with Gasteiger partial charge in [-0.2, -0.15) is 0 Å². The summed E-state index contributed by atoms with van der Waals surface area (Å²) in [4.78, 5) is 0. The molecule has 0 spiro atoms. The molecule has 0 unspecified atom stereocenters. The second-order valence-electron chi connectivity index (χ2n) is 3.81. The second kappa shape index (κ2) is 5.19. The number of methoxy groups -OCH3 is 2. The topological polar surface area (TPSA) is 44.5 Å². The van der Waals surface area contributed by atoms with Gasteiger partial charge in [-0.25, -0.2) is 0 Å². The number of halogens is 1. The quantitative estimate of drug-likeness (QED) is 0.861. The molecule has 0 bridgehead atoms. The van der Waals surface area contributed by atoms with Gasteiger partial charge in [0.2, 0.25) is 0 Å². The van der Waals surface area contributed by atoms with Crippen LogP contribution in [0, 0.1) is 0 Å². The standard InChI is InChI=1S/C14H14ClNO2/c1-17-13-6-4-10(8-14(13)18-2)9-3-5-12(16)11(15)7-9/h3-8H,16H2,1-2H3. The number of nitrogens with two attached hydrogens (primary N) is 1. The number of anilines is 1. The highest BCUT2D eigenvalue weighted by Gasteiger charge is 2.07. The average Bonchev–Trinajstić information content (AvgIpc) is 2.41. The van der Waals surface area contributed by atoms with Crippen molar-refractivity contribution in [3.8, 4) is 22.6 Å². The molecule has 0 aromatic heterocycles. The maximum absolute atomic E-state index is 6.02. The highest BCUT2D eigenvalue weighted by molar-refractivity contribution is 6.33. The first-order valence-corrected chi connectivity index (χ1v) is 5.81. The molecule has 2 N–H and O–H groups in total. The normalized spacial score (nSPS) is 10.2. The monoisotopic (exact) mass is 263 g/mol. The molecule has 94 valence electrons. The van der Waals surface area contributed by atoms with Crippen LogP contribution in [-0.4, -0.2) is 14.2 Å². The summed E-state index contributed by atoms with van der Waals surface area (Å²) in [7, 11) is 3.22. The molecule has 4 heteroatoms. The minimum Gasteiger partial charge on any atom is -0.493 e. The lowest BCUT2D eigenvalue weighted by atomic mass is 10.0. The Hall–Kier alpha value is -1.87. The van der Waals surface area contributed by atoms with E-state index in [0.29, 0.717) is 22.2 Å². The van der Waals surface area contributed by atoms with Crippen LogP contribution in [0.1, 0.15) is 0 Å². The van der Waals surface area contributed by atoms with Crippen LogP contribution in [0.25, 0.3) is 11.1 Å². The molecule has 0 radical (unpaired) electrons. The fourth-order valence-electron chi connectivity index (χ4n) is 1.72. The number of rotatable bonds is 3. The van der Waals surface area contributed by atoms with Crippen LogP contribution in [-0.2, 0) is 0 Å². The van der Waals surface area contributed by atoms with Crippen molar-refractivity contribution in [3.05, 3.63) is 41.4 Å². The van der Waals surface area contributed by atoms with E-state index in [0.717, 1.165) is 11.1 Å². The third kappa shape index (κ3) is 2.36. The van der Waals surface area contributed by atoms with Gasteiger partial charge in [-0.3, -0.25) is 0 Å². The van der Waals surface area contributed by atoms with Crippen molar-refractivity contribution in [1.82, 2.24) is 0 Å². The van der Waals surface area contributed by atoms with Crippen LogP contribution in [0.5, 0.6) is 11.5 Å². The summed E-state index contributed by atoms with van der Waals surface area (Å²) in [5.74, 6) is 1.38. The maximum Gasteiger partial charge on any atom is 0.161 e. The predicted molar refractivity (Wildman–Crippen MR) is 74.4 cm³/mol. The Morgan fingerprint density at radius 1 is 0.889 bits per heavy atom. The number of hydrogen-bond acceptors (Lipinski definition) is 3. The van der Waals surface area contributed by atoms with Crippen LogP contribution in [0.15, 0.2) is 36.4 Å². The molecular formula is C14H14ClNO2. The smallest absolute Gasteiger partial charge is 0.161 e. The van der Waals surface area contributed by atoms with Crippen LogP contribution < -0.4 is 15.2 Å². The largest absolute Gasteiger partial charge is 0.493 e. The summed E-state index contributed by atoms with van der Waals surface area (Å²) in [5.41, 5.74) is 8.24. The molecule has 0 amide bonds. The molecule has 0 aliphatic rings. The second-order valence-corrected chi connectivity index (χ2v) is 4.21. The van der Waals surface area contributed by atoms with Gasteiger partial charge in [0.1, 0.15) is 0 Å². The van der Waals surface area contributed by atoms with Gasteiger partial charge in [-0.1, -0.05) is 23.7 Å². The molecule has 0 saturated heterocycles. The molecule has 0 fully saturated rings. The van der Waals surface area contributed by atoms with E-state index in [4.69, 9.17) is 26.8 Å². The van der Waals surface area contributed by atoms with Crippen molar-refractivity contribution in [2.75, 3.05) is 20.0 Å². The van der Waals surface area contributed by atoms with E-state index in [1.807, 2.05) is 30.3 Å². The summed E-state index contributed by atoms with van der Waals surface area (Å²) in [6.45, 7) is 0. The van der Waals surface area contributed by atoms with Crippen molar-refractivity contribution < 1.29 is 9.47 Å². The summed E-state index contributed by atoms with van der Waals surface area (Å²) < 4.78 is 10.5. The first-order valence-electron chi connectivity index (χ1n) is 5.43. The zero-order valence-electron chi connectivity index (χ0n) is 10.2. The van der Waals surface area contributed by atoms with Gasteiger partial charge in [-0.05, 0) is 35.4 Å². The summed E-state index contributed by atoms with van der Waals surface area (Å²) in [6.07, 6.45) is 0. The molecule has 3 nitrogen and oxygen atoms in total. The van der Waals surface area contributed by atoms with Crippen molar-refractivity contribution in [1.29, 1.82) is 0 Å². The highest BCUT2D eigenvalue weighted by atomic mass is 35.5. The Bertz CT molecular complexity index is 570. The van der Waals surface area contributed by atoms with Crippen molar-refractivity contribution in [3.63, 3.8) is 0 Å². The van der Waals surface area contributed by atoms with Crippen LogP contribution >= 0.6 is 11.6 Å². The Labute approximate surface area is 111 Å². The molecule has 0 heterocycles. The van der Waals surface area contributed by atoms with Crippen molar-refractivity contribution >= 4 is 17.3 Å². The molecule has 0 aliphatic heterocycles. The van der Waals surface area contributed by atoms with Gasteiger partial charge in [0, 0.05) is 0 Å². The third-order valence-electron chi connectivity index (χ3n) is 2.72. The maximum atomic E-state index is 6.02. The predicted octanol–water partition coefficient (Wildman–Crippen LogP) is 3.61. The van der Waals surface area contributed by atoms with E-state index in [2.05, 4.69) is 0 Å². The Morgan fingerprint density at radius 2 is 1.50 bits per heavy atom. The van der Waals surface area contributed by atoms with Crippen molar-refractivity contribution in [2.45, 2.75) is 0 Å². The SMILES string of the molecule is COc1ccc(-c2ccc(N)c(Cl)c2)cc1OC. The van der Waals surface area contributed by atoms with Crippen LogP contribution in [0.4, 0.5) is 5.69 Å². The molecule has 2 aromatic rings. The lowest BCUT2D eigenvalue weighted by Crippen LogP contribution is -1.91. The average molecular weight is 264 g/mol. The first-order chi connectivity index (χ1) is 8.65. The number of ether oxygens (including phenoxy) is 2. The fourth-order valence-corrected chi connectivity index (χ4v) is 1.90. The first kappa shape index (κ1) is 12.6. The van der Waals surface area contributed by atoms with Gasteiger partial charge >= 0.3 is 0 Å². The molecular weight excluding hydrogens is 250 g/mol. The molecule has 2 aromatic carbocycles. The number of hydrogen-bond donors (Lipinski definition) is 1. The Kier molecular flexibility index (Phi) is 3.63. The van der Waals surface area contributed by atoms with Gasteiger partial charge in [0.05, 0.1) is 24.9 Å². The van der Waals surface area contributed by atoms with Gasteiger partial charge in [0.25, 0.3) is 0 Å². The fraction of sp³-hybridized carbons (Fsp3) is 0.143. The van der Waals surface area contributed by atoms with E-state index in [-0.39, 0.29) is 0 Å². The minimum atomic E-state index is 0.544. The zero-order valence-corrected chi connectivity index (χ0v) is 11.0. The molecule has 0 atom stereocenters. The summed E-state index contributed by atoms with van der Waals surface area (Å²) in [5, 5.41) is 0.544. The summed E-state index contributed by atoms with van der Waals surface area (Å²) >= 11 is 6.02. The third-order valence-corrected chi connectivity index (χ3v) is 3.04. The number of benzene rings is 2. The molecule has 0 saturated carbocycles. The highest BCUT2D eigenvalue weighted by Crippen LogP contribution is 2.34. The lowest BCUT2D eigenvalue weighted by molar-refractivity contribution is 0.355. The molecule has 18 heavy (non-hydrogen) atoms. The number of nitrogen functional groups attached to an aromatic ring is 1. The van der Waals surface area contributed by atoms with Crippen molar-refractivity contribution in [2.24, 2.45) is 0 Å². The van der Waals surface area contributed by atoms with Crippen LogP contribution in [0.2, 0.25) is 5.02 Å². The van der Waals surface area contributed by atoms with E-state index in [1.165, 1.54) is 0 Å². The molecule has 0 aliphatic carbocycles. The zero-order chi connectivity index (χ0) is 13.1. The lowest BCUT2D eigenvalue weighted by Gasteiger charge is -2.10. The van der Waals surface area contributed by atoms with Gasteiger partial charge in [-0.15, -0.1) is 0 Å². The van der Waals surface area contributed by atoms with E-state index < -0.39 is 0 Å². The van der Waals surface area contributed by atoms with E-state index >= 15 is 0 Å². The van der Waals surface area contributed by atoms with E-state index in [1.54, 1.807) is 20.3 Å². The van der Waals surface area contributed by atoms with Crippen LogP contribution in [0.3, 0.4) is 0 Å². The summed E-state index contributed by atoms with van der Waals surface area (Å²) in [6, 6.07) is 11.2. The van der Waals surface area contributed by atoms with Gasteiger partial charge in [0.15, 0.2) is 11.5 Å².